The molecule has 1 saturated heterocycles. The number of hydrogen-bond acceptors (Lipinski definition) is 5. The molecule has 1 aliphatic rings. The molecule has 2 unspecified atom stereocenters. The fraction of sp³-hybridized carbons (Fsp3) is 0.409. The molecular weight excluding hydrogens is 404 g/mol. The van der Waals surface area contributed by atoms with E-state index in [1.54, 1.807) is 19.2 Å². The molecule has 0 bridgehead atoms. The van der Waals surface area contributed by atoms with Crippen molar-refractivity contribution in [3.05, 3.63) is 54.1 Å². The molecule has 2 aromatic rings. The molecule has 162 valence electrons. The first-order valence-corrected chi connectivity index (χ1v) is 11.4. The van der Waals surface area contributed by atoms with E-state index < -0.39 is 15.9 Å². The molecule has 2 atom stereocenters. The van der Waals surface area contributed by atoms with Crippen molar-refractivity contribution in [2.45, 2.75) is 24.2 Å². The van der Waals surface area contributed by atoms with Crippen molar-refractivity contribution in [2.24, 2.45) is 5.92 Å². The van der Waals surface area contributed by atoms with E-state index in [-0.39, 0.29) is 29.8 Å². The predicted octanol–water partition coefficient (Wildman–Crippen LogP) is 2.63. The van der Waals surface area contributed by atoms with Gasteiger partial charge in [0.25, 0.3) is 0 Å². The zero-order valence-corrected chi connectivity index (χ0v) is 18.3. The maximum atomic E-state index is 13.2. The van der Waals surface area contributed by atoms with Crippen molar-refractivity contribution in [2.75, 3.05) is 33.9 Å². The van der Waals surface area contributed by atoms with Gasteiger partial charge in [0.15, 0.2) is 0 Å². The van der Waals surface area contributed by atoms with Crippen LogP contribution >= 0.6 is 0 Å². The third kappa shape index (κ3) is 4.60. The van der Waals surface area contributed by atoms with Gasteiger partial charge in [0, 0.05) is 25.6 Å². The Morgan fingerprint density at radius 1 is 1.00 bits per heavy atom. The number of amides is 1. The minimum absolute atomic E-state index is 0.120. The topological polar surface area (TPSA) is 84.9 Å². The van der Waals surface area contributed by atoms with E-state index in [0.717, 1.165) is 12.0 Å². The molecule has 1 N–H and O–H groups in total. The van der Waals surface area contributed by atoms with Crippen LogP contribution in [0.3, 0.4) is 0 Å². The Balaban J connectivity index is 1.89. The molecule has 30 heavy (non-hydrogen) atoms. The van der Waals surface area contributed by atoms with Crippen LogP contribution in [0.5, 0.6) is 11.5 Å². The number of carbonyl (C=O) groups is 1. The Labute approximate surface area is 178 Å². The van der Waals surface area contributed by atoms with Crippen molar-refractivity contribution >= 4 is 15.9 Å². The standard InChI is InChI=1S/C22H28N2O5S/c1-4-13-23-22(25)21-15-24(14-20(21)16-5-7-17(28-2)8-6-16)30(26,27)19-11-9-18(29-3)10-12-19/h5-12,20-21H,4,13-15H2,1-3H3,(H,23,25). The van der Waals surface area contributed by atoms with Crippen LogP contribution in [0.2, 0.25) is 0 Å². The molecule has 8 heteroatoms. The summed E-state index contributed by atoms with van der Waals surface area (Å²) in [5, 5.41) is 2.92. The predicted molar refractivity (Wildman–Crippen MR) is 114 cm³/mol. The molecule has 0 aromatic heterocycles. The van der Waals surface area contributed by atoms with Crippen LogP contribution in [0.4, 0.5) is 0 Å². The third-order valence-corrected chi connectivity index (χ3v) is 7.26. The van der Waals surface area contributed by atoms with Gasteiger partial charge in [-0.1, -0.05) is 19.1 Å². The van der Waals surface area contributed by atoms with Gasteiger partial charge in [-0.15, -0.1) is 0 Å². The summed E-state index contributed by atoms with van der Waals surface area (Å²) in [6.45, 7) is 2.93. The fourth-order valence-electron chi connectivity index (χ4n) is 3.69. The van der Waals surface area contributed by atoms with Crippen LogP contribution in [-0.2, 0) is 14.8 Å². The van der Waals surface area contributed by atoms with Crippen LogP contribution in [0, 0.1) is 5.92 Å². The molecule has 1 amide bonds. The Morgan fingerprint density at radius 3 is 2.10 bits per heavy atom. The van der Waals surface area contributed by atoms with Crippen LogP contribution in [0.25, 0.3) is 0 Å². The molecule has 1 heterocycles. The SMILES string of the molecule is CCCNC(=O)C1CN(S(=O)(=O)c2ccc(OC)cc2)CC1c1ccc(OC)cc1. The van der Waals surface area contributed by atoms with Crippen LogP contribution < -0.4 is 14.8 Å². The smallest absolute Gasteiger partial charge is 0.243 e. The maximum Gasteiger partial charge on any atom is 0.243 e. The number of benzene rings is 2. The summed E-state index contributed by atoms with van der Waals surface area (Å²) in [5.41, 5.74) is 0.917. The van der Waals surface area contributed by atoms with Gasteiger partial charge in [-0.2, -0.15) is 4.31 Å². The number of rotatable bonds is 8. The number of nitrogens with one attached hydrogen (secondary N) is 1. The van der Waals surface area contributed by atoms with Gasteiger partial charge >= 0.3 is 0 Å². The summed E-state index contributed by atoms with van der Waals surface area (Å²) in [6, 6.07) is 13.8. The first-order valence-electron chi connectivity index (χ1n) is 9.96. The maximum absolute atomic E-state index is 13.2. The van der Waals surface area contributed by atoms with Gasteiger partial charge < -0.3 is 14.8 Å². The fourth-order valence-corrected chi connectivity index (χ4v) is 5.19. The van der Waals surface area contributed by atoms with Crippen LogP contribution in [0.1, 0.15) is 24.8 Å². The van der Waals surface area contributed by atoms with Crippen LogP contribution in [0.15, 0.2) is 53.4 Å². The number of ether oxygens (including phenoxy) is 2. The molecule has 7 nitrogen and oxygen atoms in total. The molecule has 0 spiro atoms. The monoisotopic (exact) mass is 432 g/mol. The van der Waals surface area contributed by atoms with Crippen molar-refractivity contribution in [3.8, 4) is 11.5 Å². The summed E-state index contributed by atoms with van der Waals surface area (Å²) in [4.78, 5) is 13.0. The largest absolute Gasteiger partial charge is 0.497 e. The number of methoxy groups -OCH3 is 2. The highest BCUT2D eigenvalue weighted by molar-refractivity contribution is 7.89. The highest BCUT2D eigenvalue weighted by Gasteiger charge is 2.43. The van der Waals surface area contributed by atoms with Gasteiger partial charge in [0.2, 0.25) is 15.9 Å². The van der Waals surface area contributed by atoms with Crippen molar-refractivity contribution < 1.29 is 22.7 Å². The summed E-state index contributed by atoms with van der Waals surface area (Å²) >= 11 is 0. The Kier molecular flexibility index (Phi) is 6.99. The summed E-state index contributed by atoms with van der Waals surface area (Å²) in [5.74, 6) is 0.485. The van der Waals surface area contributed by atoms with Crippen molar-refractivity contribution in [3.63, 3.8) is 0 Å². The van der Waals surface area contributed by atoms with E-state index in [9.17, 15) is 13.2 Å². The number of nitrogens with zero attached hydrogens (tertiary/aromatic N) is 1. The molecule has 0 radical (unpaired) electrons. The number of sulfonamides is 1. The molecule has 0 aliphatic carbocycles. The second-order valence-corrected chi connectivity index (χ2v) is 9.21. The Morgan fingerprint density at radius 2 is 1.57 bits per heavy atom. The van der Waals surface area contributed by atoms with Gasteiger partial charge in [-0.3, -0.25) is 4.79 Å². The van der Waals surface area contributed by atoms with Crippen LogP contribution in [-0.4, -0.2) is 52.5 Å². The molecule has 2 aromatic carbocycles. The number of carbonyl (C=O) groups excluding carboxylic acids is 1. The van der Waals surface area contributed by atoms with E-state index in [1.165, 1.54) is 23.5 Å². The zero-order valence-electron chi connectivity index (χ0n) is 17.5. The molecular formula is C22H28N2O5S. The minimum Gasteiger partial charge on any atom is -0.497 e. The van der Waals surface area contributed by atoms with Gasteiger partial charge in [-0.25, -0.2) is 8.42 Å². The summed E-state index contributed by atoms with van der Waals surface area (Å²) in [7, 11) is -0.609. The molecule has 3 rings (SSSR count). The Bertz CT molecular complexity index is 958. The van der Waals surface area contributed by atoms with Crippen molar-refractivity contribution in [1.82, 2.24) is 9.62 Å². The van der Waals surface area contributed by atoms with Gasteiger partial charge in [-0.05, 0) is 48.4 Å². The highest BCUT2D eigenvalue weighted by atomic mass is 32.2. The minimum atomic E-state index is -3.73. The quantitative estimate of drug-likeness (QED) is 0.693. The normalized spacial score (nSPS) is 19.4. The van der Waals surface area contributed by atoms with E-state index >= 15 is 0 Å². The molecule has 1 fully saturated rings. The van der Waals surface area contributed by atoms with Gasteiger partial charge in [0.05, 0.1) is 25.0 Å². The van der Waals surface area contributed by atoms with E-state index in [1.807, 2.05) is 31.2 Å². The molecule has 1 aliphatic heterocycles. The zero-order chi connectivity index (χ0) is 21.7. The average molecular weight is 433 g/mol. The summed E-state index contributed by atoms with van der Waals surface area (Å²) < 4.78 is 38.2. The first kappa shape index (κ1) is 22.1. The summed E-state index contributed by atoms with van der Waals surface area (Å²) in [6.07, 6.45) is 0.819. The Hall–Kier alpha value is -2.58. The third-order valence-electron chi connectivity index (χ3n) is 5.41. The van der Waals surface area contributed by atoms with Crippen molar-refractivity contribution in [1.29, 1.82) is 0 Å². The second-order valence-electron chi connectivity index (χ2n) is 7.27. The first-order chi connectivity index (χ1) is 14.4. The second kappa shape index (κ2) is 9.49. The lowest BCUT2D eigenvalue weighted by molar-refractivity contribution is -0.124. The molecule has 0 saturated carbocycles. The highest BCUT2D eigenvalue weighted by Crippen LogP contribution is 2.36. The van der Waals surface area contributed by atoms with E-state index in [4.69, 9.17) is 9.47 Å². The van der Waals surface area contributed by atoms with E-state index in [2.05, 4.69) is 5.32 Å². The lowest BCUT2D eigenvalue weighted by Gasteiger charge is -2.18. The average Bonchev–Trinajstić information content (AvgIpc) is 3.24. The van der Waals surface area contributed by atoms with E-state index in [0.29, 0.717) is 18.0 Å². The number of hydrogen-bond donors (Lipinski definition) is 1. The lowest BCUT2D eigenvalue weighted by Crippen LogP contribution is -2.36. The lowest BCUT2D eigenvalue weighted by atomic mass is 9.88. The van der Waals surface area contributed by atoms with Gasteiger partial charge in [0.1, 0.15) is 11.5 Å².